The van der Waals surface area contributed by atoms with E-state index < -0.39 is 5.82 Å². The molecule has 2 heterocycles. The van der Waals surface area contributed by atoms with Crippen LogP contribution in [-0.2, 0) is 16.0 Å². The molecule has 1 aromatic carbocycles. The first-order chi connectivity index (χ1) is 12.0. The molecule has 0 aliphatic carbocycles. The Morgan fingerprint density at radius 3 is 2.84 bits per heavy atom. The van der Waals surface area contributed by atoms with Gasteiger partial charge in [-0.1, -0.05) is 6.07 Å². The van der Waals surface area contributed by atoms with Gasteiger partial charge in [0.15, 0.2) is 11.6 Å². The lowest BCUT2D eigenvalue weighted by Gasteiger charge is -2.30. The van der Waals surface area contributed by atoms with Crippen LogP contribution < -0.4 is 4.74 Å². The van der Waals surface area contributed by atoms with Crippen LogP contribution in [-0.4, -0.2) is 69.8 Å². The number of amides is 1. The highest BCUT2D eigenvalue weighted by Gasteiger charge is 2.50. The largest absolute Gasteiger partial charge is 0.494 e. The Hall–Kier alpha value is -1.66. The number of hydrogen-bond acceptors (Lipinski definition) is 4. The molecule has 2 fully saturated rings. The SMILES string of the molecule is COC[C@@H]1CN(C)C[C@@]12CCN(C(=O)Cc1ccc(OC)c(F)c1)C2. The van der Waals surface area contributed by atoms with Gasteiger partial charge in [0.25, 0.3) is 0 Å². The molecular formula is C19H27FN2O3. The summed E-state index contributed by atoms with van der Waals surface area (Å²) in [4.78, 5) is 17.0. The van der Waals surface area contributed by atoms with Crippen LogP contribution in [0.5, 0.6) is 5.75 Å². The maximum absolute atomic E-state index is 13.8. The molecule has 2 saturated heterocycles. The average Bonchev–Trinajstić information content (AvgIpc) is 3.12. The van der Waals surface area contributed by atoms with Gasteiger partial charge < -0.3 is 19.3 Å². The fraction of sp³-hybridized carbons (Fsp3) is 0.632. The third-order valence-electron chi connectivity index (χ3n) is 5.66. The van der Waals surface area contributed by atoms with E-state index in [0.717, 1.165) is 39.2 Å². The summed E-state index contributed by atoms with van der Waals surface area (Å²) in [6.07, 6.45) is 1.23. The van der Waals surface area contributed by atoms with Gasteiger partial charge in [-0.3, -0.25) is 4.79 Å². The number of ether oxygens (including phenoxy) is 2. The fourth-order valence-corrected chi connectivity index (χ4v) is 4.41. The first kappa shape index (κ1) is 18.1. The fourth-order valence-electron chi connectivity index (χ4n) is 4.41. The van der Waals surface area contributed by atoms with E-state index in [-0.39, 0.29) is 23.5 Å². The number of nitrogens with zero attached hydrogens (tertiary/aromatic N) is 2. The second-order valence-electron chi connectivity index (χ2n) is 7.42. The van der Waals surface area contributed by atoms with Crippen LogP contribution in [0.3, 0.4) is 0 Å². The molecule has 2 aliphatic heterocycles. The smallest absolute Gasteiger partial charge is 0.227 e. The van der Waals surface area contributed by atoms with Gasteiger partial charge in [-0.2, -0.15) is 0 Å². The minimum atomic E-state index is -0.428. The van der Waals surface area contributed by atoms with E-state index in [0.29, 0.717) is 11.5 Å². The van der Waals surface area contributed by atoms with Crippen molar-refractivity contribution in [2.24, 2.45) is 11.3 Å². The van der Waals surface area contributed by atoms with Crippen LogP contribution in [0.2, 0.25) is 0 Å². The summed E-state index contributed by atoms with van der Waals surface area (Å²) in [6, 6.07) is 4.71. The highest BCUT2D eigenvalue weighted by molar-refractivity contribution is 5.79. The normalized spacial score (nSPS) is 26.6. The van der Waals surface area contributed by atoms with E-state index in [2.05, 4.69) is 11.9 Å². The van der Waals surface area contributed by atoms with Crippen molar-refractivity contribution in [2.75, 3.05) is 54.1 Å². The molecule has 3 rings (SSSR count). The summed E-state index contributed by atoms with van der Waals surface area (Å²) in [5.41, 5.74) is 0.812. The second-order valence-corrected chi connectivity index (χ2v) is 7.42. The molecule has 1 amide bonds. The van der Waals surface area contributed by atoms with Crippen molar-refractivity contribution in [3.8, 4) is 5.75 Å². The van der Waals surface area contributed by atoms with Crippen molar-refractivity contribution in [3.05, 3.63) is 29.6 Å². The van der Waals surface area contributed by atoms with E-state index in [1.807, 2.05) is 4.90 Å². The van der Waals surface area contributed by atoms with E-state index in [4.69, 9.17) is 9.47 Å². The van der Waals surface area contributed by atoms with Crippen LogP contribution in [0, 0.1) is 17.2 Å². The van der Waals surface area contributed by atoms with Gasteiger partial charge in [-0.15, -0.1) is 0 Å². The number of likely N-dealkylation sites (tertiary alicyclic amines) is 2. The van der Waals surface area contributed by atoms with Gasteiger partial charge >= 0.3 is 0 Å². The zero-order chi connectivity index (χ0) is 18.0. The number of halogens is 1. The molecular weight excluding hydrogens is 323 g/mol. The topological polar surface area (TPSA) is 42.0 Å². The third-order valence-corrected chi connectivity index (χ3v) is 5.66. The molecule has 0 N–H and O–H groups in total. The third kappa shape index (κ3) is 3.65. The zero-order valence-corrected chi connectivity index (χ0v) is 15.3. The molecule has 6 heteroatoms. The van der Waals surface area contributed by atoms with E-state index in [9.17, 15) is 9.18 Å². The zero-order valence-electron chi connectivity index (χ0n) is 15.3. The van der Waals surface area contributed by atoms with Crippen molar-refractivity contribution in [2.45, 2.75) is 12.8 Å². The molecule has 2 aliphatic rings. The highest BCUT2D eigenvalue weighted by atomic mass is 19.1. The first-order valence-corrected chi connectivity index (χ1v) is 8.75. The molecule has 1 spiro atoms. The molecule has 2 atom stereocenters. The Bertz CT molecular complexity index is 639. The van der Waals surface area contributed by atoms with Crippen LogP contribution in [0.4, 0.5) is 4.39 Å². The second kappa shape index (κ2) is 7.30. The Morgan fingerprint density at radius 2 is 2.16 bits per heavy atom. The maximum atomic E-state index is 13.8. The van der Waals surface area contributed by atoms with Crippen molar-refractivity contribution >= 4 is 5.91 Å². The van der Waals surface area contributed by atoms with Crippen LogP contribution >= 0.6 is 0 Å². The Kier molecular flexibility index (Phi) is 5.29. The molecule has 0 bridgehead atoms. The van der Waals surface area contributed by atoms with Crippen LogP contribution in [0.1, 0.15) is 12.0 Å². The Labute approximate surface area is 148 Å². The van der Waals surface area contributed by atoms with Crippen LogP contribution in [0.25, 0.3) is 0 Å². The molecule has 0 radical (unpaired) electrons. The summed E-state index contributed by atoms with van der Waals surface area (Å²) in [7, 11) is 5.30. The minimum Gasteiger partial charge on any atom is -0.494 e. The monoisotopic (exact) mass is 350 g/mol. The van der Waals surface area contributed by atoms with E-state index in [1.165, 1.54) is 13.2 Å². The minimum absolute atomic E-state index is 0.0622. The summed E-state index contributed by atoms with van der Waals surface area (Å²) in [5, 5.41) is 0. The quantitative estimate of drug-likeness (QED) is 0.812. The lowest BCUT2D eigenvalue weighted by molar-refractivity contribution is -0.130. The average molecular weight is 350 g/mol. The van der Waals surface area contributed by atoms with Crippen molar-refractivity contribution in [3.63, 3.8) is 0 Å². The number of hydrogen-bond donors (Lipinski definition) is 0. The summed E-state index contributed by atoms with van der Waals surface area (Å²) in [5.74, 6) is 0.293. The Balaban J connectivity index is 1.65. The van der Waals surface area contributed by atoms with E-state index >= 15 is 0 Å². The summed E-state index contributed by atoms with van der Waals surface area (Å²) >= 11 is 0. The molecule has 25 heavy (non-hydrogen) atoms. The molecule has 5 nitrogen and oxygen atoms in total. The molecule has 0 aromatic heterocycles. The van der Waals surface area contributed by atoms with Gasteiger partial charge in [0, 0.05) is 44.6 Å². The van der Waals surface area contributed by atoms with Crippen molar-refractivity contribution in [1.29, 1.82) is 0 Å². The van der Waals surface area contributed by atoms with Gasteiger partial charge in [-0.05, 0) is 31.2 Å². The highest BCUT2D eigenvalue weighted by Crippen LogP contribution is 2.43. The van der Waals surface area contributed by atoms with Crippen molar-refractivity contribution in [1.82, 2.24) is 9.80 Å². The molecule has 0 unspecified atom stereocenters. The van der Waals surface area contributed by atoms with Crippen molar-refractivity contribution < 1.29 is 18.7 Å². The lowest BCUT2D eigenvalue weighted by Crippen LogP contribution is -2.38. The summed E-state index contributed by atoms with van der Waals surface area (Å²) < 4.78 is 24.2. The number of carbonyl (C=O) groups excluding carboxylic acids is 1. The van der Waals surface area contributed by atoms with Gasteiger partial charge in [0.2, 0.25) is 5.91 Å². The number of rotatable bonds is 5. The number of methoxy groups -OCH3 is 2. The van der Waals surface area contributed by atoms with E-state index in [1.54, 1.807) is 19.2 Å². The summed E-state index contributed by atoms with van der Waals surface area (Å²) in [6.45, 7) is 4.28. The van der Waals surface area contributed by atoms with Gasteiger partial charge in [0.05, 0.1) is 20.1 Å². The first-order valence-electron chi connectivity index (χ1n) is 8.75. The maximum Gasteiger partial charge on any atom is 0.227 e. The molecule has 0 saturated carbocycles. The van der Waals surface area contributed by atoms with Crippen LogP contribution in [0.15, 0.2) is 18.2 Å². The Morgan fingerprint density at radius 1 is 1.36 bits per heavy atom. The standard InChI is InChI=1S/C19H27FN2O3/c1-21-10-15(11-24-2)19(12-21)6-7-22(13-19)18(23)9-14-4-5-17(25-3)16(20)8-14/h4-5,8,15H,6-7,9-13H2,1-3H3/t15-,19+/m0/s1. The van der Waals surface area contributed by atoms with Gasteiger partial charge in [0.1, 0.15) is 0 Å². The predicted molar refractivity (Wildman–Crippen MR) is 93.1 cm³/mol. The number of benzene rings is 1. The molecule has 1 aromatic rings. The molecule has 138 valence electrons. The van der Waals surface area contributed by atoms with Gasteiger partial charge in [-0.25, -0.2) is 4.39 Å². The number of carbonyl (C=O) groups is 1. The predicted octanol–water partition coefficient (Wildman–Crippen LogP) is 1.80. The lowest BCUT2D eigenvalue weighted by atomic mass is 9.77.